The highest BCUT2D eigenvalue weighted by molar-refractivity contribution is 5.93. The summed E-state index contributed by atoms with van der Waals surface area (Å²) in [5, 5.41) is 4.28. The molecule has 0 bridgehead atoms. The molecule has 2 aliphatic rings. The number of carbonyl (C=O) groups excluding carboxylic acids is 1. The highest BCUT2D eigenvalue weighted by atomic mass is 16.5. The molecule has 0 aliphatic carbocycles. The standard InChI is InChI=1S/C20H28N2O2/c1-3-4-11-19-18-10-6-5-8-16(18)12-13-20(23)22(19)21-14-7-9-17(21)15-24-2/h5-6,8,10,12-13,17,19H,3-4,7,9,11,14-15H2,1-2H3/t17-,19+/m0/s1. The van der Waals surface area contributed by atoms with Gasteiger partial charge < -0.3 is 4.74 Å². The molecule has 2 atom stereocenters. The number of nitrogens with zero attached hydrogens (tertiary/aromatic N) is 2. The van der Waals surface area contributed by atoms with Crippen molar-refractivity contribution in [3.05, 3.63) is 41.5 Å². The minimum atomic E-state index is 0.0929. The van der Waals surface area contributed by atoms with Gasteiger partial charge in [0, 0.05) is 19.7 Å². The fourth-order valence-electron chi connectivity index (χ4n) is 3.94. The van der Waals surface area contributed by atoms with Crippen molar-refractivity contribution in [1.82, 2.24) is 10.0 Å². The third kappa shape index (κ3) is 3.40. The SMILES string of the molecule is CCCC[C@@H]1c2ccccc2C=CC(=O)N1N1CCC[C@H]1COC. The fourth-order valence-corrected chi connectivity index (χ4v) is 3.94. The molecule has 0 radical (unpaired) electrons. The Bertz CT molecular complexity index is 599. The van der Waals surface area contributed by atoms with Gasteiger partial charge in [0.1, 0.15) is 0 Å². The van der Waals surface area contributed by atoms with Crippen molar-refractivity contribution in [3.8, 4) is 0 Å². The second-order valence-electron chi connectivity index (χ2n) is 6.72. The molecule has 0 unspecified atom stereocenters. The molecule has 1 amide bonds. The van der Waals surface area contributed by atoms with Crippen molar-refractivity contribution in [1.29, 1.82) is 0 Å². The van der Waals surface area contributed by atoms with Crippen LogP contribution in [0, 0.1) is 0 Å². The molecule has 2 heterocycles. The number of ether oxygens (including phenoxy) is 1. The monoisotopic (exact) mass is 328 g/mol. The number of benzene rings is 1. The predicted molar refractivity (Wildman–Crippen MR) is 96.2 cm³/mol. The predicted octanol–water partition coefficient (Wildman–Crippen LogP) is 3.80. The molecule has 24 heavy (non-hydrogen) atoms. The van der Waals surface area contributed by atoms with E-state index in [0.717, 1.165) is 44.2 Å². The maximum absolute atomic E-state index is 12.9. The van der Waals surface area contributed by atoms with Gasteiger partial charge in [-0.15, -0.1) is 0 Å². The van der Waals surface area contributed by atoms with E-state index in [-0.39, 0.29) is 11.9 Å². The van der Waals surface area contributed by atoms with E-state index in [1.807, 2.05) is 17.2 Å². The van der Waals surface area contributed by atoms with Crippen LogP contribution >= 0.6 is 0 Å². The molecule has 0 N–H and O–H groups in total. The first kappa shape index (κ1) is 17.2. The minimum Gasteiger partial charge on any atom is -0.383 e. The lowest BCUT2D eigenvalue weighted by atomic mass is 9.96. The van der Waals surface area contributed by atoms with E-state index < -0.39 is 0 Å². The zero-order valence-electron chi connectivity index (χ0n) is 14.8. The molecule has 2 aliphatic heterocycles. The summed E-state index contributed by atoms with van der Waals surface area (Å²) in [5.74, 6) is 0.0929. The van der Waals surface area contributed by atoms with E-state index in [1.165, 1.54) is 5.56 Å². The topological polar surface area (TPSA) is 32.8 Å². The molecule has 0 spiro atoms. The smallest absolute Gasteiger partial charge is 0.261 e. The van der Waals surface area contributed by atoms with Gasteiger partial charge in [-0.1, -0.05) is 44.0 Å². The second-order valence-corrected chi connectivity index (χ2v) is 6.72. The molecule has 0 saturated carbocycles. The number of rotatable bonds is 6. The van der Waals surface area contributed by atoms with Gasteiger partial charge in [-0.05, 0) is 36.5 Å². The average molecular weight is 328 g/mol. The van der Waals surface area contributed by atoms with Gasteiger partial charge in [-0.2, -0.15) is 0 Å². The molecular weight excluding hydrogens is 300 g/mol. The third-order valence-corrected chi connectivity index (χ3v) is 5.09. The summed E-state index contributed by atoms with van der Waals surface area (Å²) in [7, 11) is 1.74. The summed E-state index contributed by atoms with van der Waals surface area (Å²) in [6.45, 7) is 3.81. The lowest BCUT2D eigenvalue weighted by Gasteiger charge is -2.40. The number of hydrogen-bond donors (Lipinski definition) is 0. The Morgan fingerprint density at radius 1 is 1.25 bits per heavy atom. The quantitative estimate of drug-likeness (QED) is 0.796. The van der Waals surface area contributed by atoms with Crippen LogP contribution in [0.15, 0.2) is 30.3 Å². The summed E-state index contributed by atoms with van der Waals surface area (Å²) >= 11 is 0. The molecule has 4 nitrogen and oxygen atoms in total. The maximum Gasteiger partial charge on any atom is 0.261 e. The summed E-state index contributed by atoms with van der Waals surface area (Å²) in [6, 6.07) is 8.81. The van der Waals surface area contributed by atoms with Crippen LogP contribution in [-0.4, -0.2) is 42.2 Å². The molecule has 3 rings (SSSR count). The first-order chi connectivity index (χ1) is 11.8. The van der Waals surface area contributed by atoms with Crippen LogP contribution in [0.4, 0.5) is 0 Å². The fraction of sp³-hybridized carbons (Fsp3) is 0.550. The summed E-state index contributed by atoms with van der Waals surface area (Å²) in [6.07, 6.45) is 9.15. The van der Waals surface area contributed by atoms with Gasteiger partial charge in [0.15, 0.2) is 0 Å². The van der Waals surface area contributed by atoms with Crippen molar-refractivity contribution in [3.63, 3.8) is 0 Å². The second kappa shape index (κ2) is 7.95. The summed E-state index contributed by atoms with van der Waals surface area (Å²) in [4.78, 5) is 12.9. The van der Waals surface area contributed by atoms with Crippen LogP contribution in [0.25, 0.3) is 6.08 Å². The number of methoxy groups -OCH3 is 1. The van der Waals surface area contributed by atoms with Crippen molar-refractivity contribution >= 4 is 12.0 Å². The first-order valence-corrected chi connectivity index (χ1v) is 9.12. The Hall–Kier alpha value is -1.65. The molecule has 1 saturated heterocycles. The highest BCUT2D eigenvalue weighted by Crippen LogP contribution is 2.36. The van der Waals surface area contributed by atoms with Crippen LogP contribution in [0.2, 0.25) is 0 Å². The van der Waals surface area contributed by atoms with Crippen molar-refractivity contribution in [2.45, 2.75) is 51.1 Å². The Morgan fingerprint density at radius 2 is 2.08 bits per heavy atom. The third-order valence-electron chi connectivity index (χ3n) is 5.09. The highest BCUT2D eigenvalue weighted by Gasteiger charge is 2.37. The molecule has 1 fully saturated rings. The van der Waals surface area contributed by atoms with Crippen LogP contribution in [0.3, 0.4) is 0 Å². The molecule has 1 aromatic rings. The van der Waals surface area contributed by atoms with Crippen molar-refractivity contribution in [2.24, 2.45) is 0 Å². The molecular formula is C20H28N2O2. The Balaban J connectivity index is 1.97. The molecule has 1 aromatic carbocycles. The minimum absolute atomic E-state index is 0.0929. The van der Waals surface area contributed by atoms with Crippen LogP contribution < -0.4 is 0 Å². The van der Waals surface area contributed by atoms with E-state index in [1.54, 1.807) is 13.2 Å². The first-order valence-electron chi connectivity index (χ1n) is 9.12. The zero-order valence-corrected chi connectivity index (χ0v) is 14.8. The Labute approximate surface area is 145 Å². The number of unbranched alkanes of at least 4 members (excludes halogenated alkanes) is 1. The number of carbonyl (C=O) groups is 1. The number of hydrogen-bond acceptors (Lipinski definition) is 3. The summed E-state index contributed by atoms with van der Waals surface area (Å²) in [5.41, 5.74) is 2.42. The number of hydrazine groups is 1. The number of amides is 1. The molecule has 130 valence electrons. The normalized spacial score (nSPS) is 24.2. The number of fused-ring (bicyclic) bond motifs is 1. The van der Waals surface area contributed by atoms with Crippen LogP contribution in [0.1, 0.15) is 56.2 Å². The lowest BCUT2D eigenvalue weighted by Crippen LogP contribution is -2.51. The maximum atomic E-state index is 12.9. The molecule has 0 aromatic heterocycles. The Morgan fingerprint density at radius 3 is 2.88 bits per heavy atom. The Kier molecular flexibility index (Phi) is 5.69. The van der Waals surface area contributed by atoms with Gasteiger partial charge in [-0.25, -0.2) is 5.01 Å². The molecule has 4 heteroatoms. The van der Waals surface area contributed by atoms with Crippen LogP contribution in [0.5, 0.6) is 0 Å². The van der Waals surface area contributed by atoms with Gasteiger partial charge in [0.05, 0.1) is 18.7 Å². The van der Waals surface area contributed by atoms with Gasteiger partial charge in [-0.3, -0.25) is 9.80 Å². The van der Waals surface area contributed by atoms with Crippen molar-refractivity contribution < 1.29 is 9.53 Å². The van der Waals surface area contributed by atoms with E-state index in [2.05, 4.69) is 30.1 Å². The van der Waals surface area contributed by atoms with E-state index in [0.29, 0.717) is 12.6 Å². The largest absolute Gasteiger partial charge is 0.383 e. The average Bonchev–Trinajstić information content (AvgIpc) is 2.99. The van der Waals surface area contributed by atoms with E-state index >= 15 is 0 Å². The van der Waals surface area contributed by atoms with E-state index in [9.17, 15) is 4.79 Å². The van der Waals surface area contributed by atoms with Crippen molar-refractivity contribution in [2.75, 3.05) is 20.3 Å². The zero-order chi connectivity index (χ0) is 16.9. The summed E-state index contributed by atoms with van der Waals surface area (Å²) < 4.78 is 5.40. The van der Waals surface area contributed by atoms with Gasteiger partial charge >= 0.3 is 0 Å². The van der Waals surface area contributed by atoms with Gasteiger partial charge in [0.25, 0.3) is 5.91 Å². The van der Waals surface area contributed by atoms with Gasteiger partial charge in [0.2, 0.25) is 0 Å². The lowest BCUT2D eigenvalue weighted by molar-refractivity contribution is -0.155. The van der Waals surface area contributed by atoms with E-state index in [4.69, 9.17) is 4.74 Å². The van der Waals surface area contributed by atoms with Crippen LogP contribution in [-0.2, 0) is 9.53 Å².